The number of hydrogen-bond donors (Lipinski definition) is 3. The Bertz CT molecular complexity index is 532. The molecule has 1 aromatic rings. The first kappa shape index (κ1) is 14.6. The van der Waals surface area contributed by atoms with E-state index in [4.69, 9.17) is 5.11 Å². The molecule has 1 aliphatic rings. The van der Waals surface area contributed by atoms with Crippen LogP contribution in [0.15, 0.2) is 22.7 Å². The number of anilines is 1. The fourth-order valence-electron chi connectivity index (χ4n) is 1.62. The topological polar surface area (TPSA) is 78.4 Å². The van der Waals surface area contributed by atoms with E-state index in [1.165, 1.54) is 0 Å². The standard InChI is InChI=1S/C12H12BrIN2O3/c13-8-5-7(1-2-9(8)14)16-11(19)15-6-12(3-4-12)10(17)18/h1-2,5H,3-4,6H2,(H,17,18)(H2,15,16,19). The summed E-state index contributed by atoms with van der Waals surface area (Å²) < 4.78 is 1.95. The van der Waals surface area contributed by atoms with Crippen molar-refractivity contribution in [1.29, 1.82) is 0 Å². The lowest BCUT2D eigenvalue weighted by Gasteiger charge is -2.12. The molecule has 0 atom stereocenters. The number of carbonyl (C=O) groups excluding carboxylic acids is 1. The summed E-state index contributed by atoms with van der Waals surface area (Å²) in [6, 6.07) is 5.07. The van der Waals surface area contributed by atoms with Crippen LogP contribution >= 0.6 is 38.5 Å². The van der Waals surface area contributed by atoms with Gasteiger partial charge in [0.25, 0.3) is 0 Å². The van der Waals surface area contributed by atoms with Gasteiger partial charge in [-0.3, -0.25) is 4.79 Å². The van der Waals surface area contributed by atoms with Crippen molar-refractivity contribution in [3.63, 3.8) is 0 Å². The van der Waals surface area contributed by atoms with Gasteiger partial charge in [0.15, 0.2) is 0 Å². The number of carbonyl (C=O) groups is 2. The Kier molecular flexibility index (Phi) is 4.34. The Balaban J connectivity index is 1.88. The maximum Gasteiger partial charge on any atom is 0.319 e. The quantitative estimate of drug-likeness (QED) is 0.632. The average Bonchev–Trinajstić information content (AvgIpc) is 3.13. The first-order valence-corrected chi connectivity index (χ1v) is 7.53. The normalized spacial score (nSPS) is 15.7. The summed E-state index contributed by atoms with van der Waals surface area (Å²) in [5.41, 5.74) is -0.0887. The number of amides is 2. The molecule has 102 valence electrons. The molecule has 0 spiro atoms. The molecule has 1 aliphatic carbocycles. The van der Waals surface area contributed by atoms with E-state index in [1.807, 2.05) is 6.07 Å². The molecule has 0 unspecified atom stereocenters. The van der Waals surface area contributed by atoms with E-state index in [0.717, 1.165) is 8.04 Å². The van der Waals surface area contributed by atoms with Crippen molar-refractivity contribution < 1.29 is 14.7 Å². The van der Waals surface area contributed by atoms with Crippen molar-refractivity contribution in [2.45, 2.75) is 12.8 Å². The van der Waals surface area contributed by atoms with E-state index in [9.17, 15) is 9.59 Å². The molecule has 2 rings (SSSR count). The second-order valence-electron chi connectivity index (χ2n) is 4.52. The van der Waals surface area contributed by atoms with E-state index in [1.54, 1.807) is 12.1 Å². The Hall–Kier alpha value is -0.830. The van der Waals surface area contributed by atoms with Gasteiger partial charge < -0.3 is 15.7 Å². The monoisotopic (exact) mass is 438 g/mol. The Morgan fingerprint density at radius 1 is 1.42 bits per heavy atom. The summed E-state index contributed by atoms with van der Waals surface area (Å²) in [6.07, 6.45) is 1.25. The number of carboxylic acid groups (broad SMARTS) is 1. The fraction of sp³-hybridized carbons (Fsp3) is 0.333. The molecular weight excluding hydrogens is 427 g/mol. The maximum atomic E-state index is 11.7. The van der Waals surface area contributed by atoms with Gasteiger partial charge in [-0.2, -0.15) is 0 Å². The highest BCUT2D eigenvalue weighted by Crippen LogP contribution is 2.45. The van der Waals surface area contributed by atoms with Crippen LogP contribution < -0.4 is 10.6 Å². The Morgan fingerprint density at radius 3 is 2.63 bits per heavy atom. The van der Waals surface area contributed by atoms with Crippen LogP contribution in [0.25, 0.3) is 0 Å². The van der Waals surface area contributed by atoms with Crippen LogP contribution in [-0.4, -0.2) is 23.7 Å². The van der Waals surface area contributed by atoms with Crippen LogP contribution in [0.4, 0.5) is 10.5 Å². The zero-order valence-electron chi connectivity index (χ0n) is 9.87. The molecule has 0 saturated heterocycles. The van der Waals surface area contributed by atoms with Crippen LogP contribution in [0.3, 0.4) is 0 Å². The van der Waals surface area contributed by atoms with Gasteiger partial charge in [0.05, 0.1) is 5.41 Å². The van der Waals surface area contributed by atoms with Crippen molar-refractivity contribution in [2.75, 3.05) is 11.9 Å². The van der Waals surface area contributed by atoms with Gasteiger partial charge in [-0.1, -0.05) is 0 Å². The van der Waals surface area contributed by atoms with Gasteiger partial charge in [-0.05, 0) is 69.6 Å². The third-order valence-corrected chi connectivity index (χ3v) is 5.41. The minimum Gasteiger partial charge on any atom is -0.481 e. The van der Waals surface area contributed by atoms with Crippen molar-refractivity contribution in [2.24, 2.45) is 5.41 Å². The van der Waals surface area contributed by atoms with Crippen molar-refractivity contribution in [1.82, 2.24) is 5.32 Å². The van der Waals surface area contributed by atoms with E-state index < -0.39 is 11.4 Å². The number of aliphatic carboxylic acids is 1. The molecule has 3 N–H and O–H groups in total. The molecule has 1 saturated carbocycles. The van der Waals surface area contributed by atoms with Crippen molar-refractivity contribution in [3.8, 4) is 0 Å². The lowest BCUT2D eigenvalue weighted by molar-refractivity contribution is -0.143. The average molecular weight is 439 g/mol. The molecule has 19 heavy (non-hydrogen) atoms. The molecule has 0 aliphatic heterocycles. The maximum absolute atomic E-state index is 11.7. The van der Waals surface area contributed by atoms with Gasteiger partial charge in [-0.15, -0.1) is 0 Å². The van der Waals surface area contributed by atoms with E-state index in [0.29, 0.717) is 18.5 Å². The number of carboxylic acids is 1. The number of urea groups is 1. The largest absolute Gasteiger partial charge is 0.481 e. The molecule has 0 radical (unpaired) electrons. The Labute approximate surface area is 132 Å². The molecule has 1 aromatic carbocycles. The summed E-state index contributed by atoms with van der Waals surface area (Å²) >= 11 is 5.56. The van der Waals surface area contributed by atoms with Gasteiger partial charge in [0.1, 0.15) is 0 Å². The summed E-state index contributed by atoms with van der Waals surface area (Å²) in [5, 5.41) is 14.3. The smallest absolute Gasteiger partial charge is 0.319 e. The zero-order valence-corrected chi connectivity index (χ0v) is 13.6. The lowest BCUT2D eigenvalue weighted by Crippen LogP contribution is -2.36. The summed E-state index contributed by atoms with van der Waals surface area (Å²) in [7, 11) is 0. The van der Waals surface area contributed by atoms with Crippen LogP contribution in [0.2, 0.25) is 0 Å². The third-order valence-electron chi connectivity index (χ3n) is 3.07. The number of benzene rings is 1. The molecule has 0 aromatic heterocycles. The predicted molar refractivity (Wildman–Crippen MR) is 83.2 cm³/mol. The van der Waals surface area contributed by atoms with Crippen molar-refractivity contribution >= 4 is 56.2 Å². The van der Waals surface area contributed by atoms with Gasteiger partial charge >= 0.3 is 12.0 Å². The molecule has 2 amide bonds. The van der Waals surface area contributed by atoms with E-state index >= 15 is 0 Å². The third kappa shape index (κ3) is 3.59. The van der Waals surface area contributed by atoms with Crippen LogP contribution in [0.5, 0.6) is 0 Å². The second kappa shape index (κ2) is 5.66. The first-order valence-electron chi connectivity index (χ1n) is 5.66. The predicted octanol–water partition coefficient (Wildman–Crippen LogP) is 3.04. The van der Waals surface area contributed by atoms with E-state index in [2.05, 4.69) is 49.2 Å². The number of rotatable bonds is 4. The Morgan fingerprint density at radius 2 is 2.11 bits per heavy atom. The van der Waals surface area contributed by atoms with Gasteiger partial charge in [-0.25, -0.2) is 4.79 Å². The molecular formula is C12H12BrIN2O3. The first-order chi connectivity index (χ1) is 8.93. The molecule has 7 heteroatoms. The lowest BCUT2D eigenvalue weighted by atomic mass is 10.1. The number of hydrogen-bond acceptors (Lipinski definition) is 2. The van der Waals surface area contributed by atoms with E-state index in [-0.39, 0.29) is 12.6 Å². The summed E-state index contributed by atoms with van der Waals surface area (Å²) in [5.74, 6) is -0.843. The minimum atomic E-state index is -0.843. The van der Waals surface area contributed by atoms with Crippen LogP contribution in [-0.2, 0) is 4.79 Å². The molecule has 5 nitrogen and oxygen atoms in total. The number of nitrogens with one attached hydrogen (secondary N) is 2. The highest BCUT2D eigenvalue weighted by atomic mass is 127. The fourth-order valence-corrected chi connectivity index (χ4v) is 2.33. The highest BCUT2D eigenvalue weighted by Gasteiger charge is 2.50. The molecule has 1 fully saturated rings. The van der Waals surface area contributed by atoms with Gasteiger partial charge in [0.2, 0.25) is 0 Å². The minimum absolute atomic E-state index is 0.166. The van der Waals surface area contributed by atoms with Crippen molar-refractivity contribution in [3.05, 3.63) is 26.2 Å². The summed E-state index contributed by atoms with van der Waals surface area (Å²) in [4.78, 5) is 22.6. The highest BCUT2D eigenvalue weighted by molar-refractivity contribution is 14.1. The second-order valence-corrected chi connectivity index (χ2v) is 6.54. The van der Waals surface area contributed by atoms with Crippen LogP contribution in [0, 0.1) is 8.99 Å². The van der Waals surface area contributed by atoms with Crippen LogP contribution in [0.1, 0.15) is 12.8 Å². The molecule has 0 heterocycles. The SMILES string of the molecule is O=C(NCC1(C(=O)O)CC1)Nc1ccc(I)c(Br)c1. The zero-order chi connectivity index (χ0) is 14.0. The van der Waals surface area contributed by atoms with Gasteiger partial charge in [0, 0.05) is 20.3 Å². The molecule has 0 bridgehead atoms. The number of halogens is 2. The summed E-state index contributed by atoms with van der Waals surface area (Å²) in [6.45, 7) is 0.166.